The van der Waals surface area contributed by atoms with Gasteiger partial charge in [-0.1, -0.05) is 5.92 Å². The zero-order valence-corrected chi connectivity index (χ0v) is 7.60. The number of nitrogens with zero attached hydrogens (tertiary/aromatic N) is 2. The number of nitrogens with one attached hydrogen (secondary N) is 1. The summed E-state index contributed by atoms with van der Waals surface area (Å²) >= 11 is 0. The number of hydrogen-bond donors (Lipinski definition) is 1. The van der Waals surface area contributed by atoms with Crippen molar-refractivity contribution < 1.29 is 4.92 Å². The topological polar surface area (TPSA) is 68.1 Å². The molecule has 0 saturated carbocycles. The highest BCUT2D eigenvalue weighted by molar-refractivity contribution is 5.56. The Morgan fingerprint density at radius 1 is 1.79 bits per heavy atom. The van der Waals surface area contributed by atoms with Crippen LogP contribution in [0.15, 0.2) is 18.3 Å². The molecule has 5 nitrogen and oxygen atoms in total. The van der Waals surface area contributed by atoms with Crippen molar-refractivity contribution in [1.82, 2.24) is 4.98 Å². The molecule has 0 radical (unpaired) electrons. The van der Waals surface area contributed by atoms with E-state index in [0.717, 1.165) is 0 Å². The number of anilines is 1. The van der Waals surface area contributed by atoms with Gasteiger partial charge in [0.15, 0.2) is 0 Å². The summed E-state index contributed by atoms with van der Waals surface area (Å²) < 4.78 is 0. The van der Waals surface area contributed by atoms with Crippen molar-refractivity contribution in [2.45, 2.75) is 13.0 Å². The number of hydrogen-bond acceptors (Lipinski definition) is 4. The highest BCUT2D eigenvalue weighted by atomic mass is 16.6. The first-order valence-corrected chi connectivity index (χ1v) is 3.97. The van der Waals surface area contributed by atoms with Crippen molar-refractivity contribution in [2.75, 3.05) is 5.32 Å². The van der Waals surface area contributed by atoms with Gasteiger partial charge >= 0.3 is 5.69 Å². The largest absolute Gasteiger partial charge is 0.351 e. The summed E-state index contributed by atoms with van der Waals surface area (Å²) in [6.07, 6.45) is 6.61. The lowest BCUT2D eigenvalue weighted by atomic mass is 10.3. The Bertz CT molecular complexity index is 384. The summed E-state index contributed by atoms with van der Waals surface area (Å²) in [4.78, 5) is 13.9. The molecule has 72 valence electrons. The van der Waals surface area contributed by atoms with Crippen LogP contribution in [0.25, 0.3) is 0 Å². The van der Waals surface area contributed by atoms with E-state index < -0.39 is 4.92 Å². The first-order chi connectivity index (χ1) is 6.65. The van der Waals surface area contributed by atoms with Gasteiger partial charge in [0.25, 0.3) is 0 Å². The number of rotatable bonds is 3. The molecule has 0 aliphatic rings. The van der Waals surface area contributed by atoms with Gasteiger partial charge in [-0.3, -0.25) is 10.1 Å². The molecule has 1 unspecified atom stereocenters. The fraction of sp³-hybridized carbons (Fsp3) is 0.222. The average molecular weight is 191 g/mol. The van der Waals surface area contributed by atoms with E-state index in [9.17, 15) is 10.1 Å². The zero-order chi connectivity index (χ0) is 10.6. The van der Waals surface area contributed by atoms with E-state index in [1.54, 1.807) is 6.92 Å². The molecule has 1 aromatic heterocycles. The fourth-order valence-corrected chi connectivity index (χ4v) is 0.902. The Labute approximate surface area is 81.3 Å². The van der Waals surface area contributed by atoms with Gasteiger partial charge in [0.1, 0.15) is 0 Å². The van der Waals surface area contributed by atoms with E-state index in [1.807, 2.05) is 0 Å². The SMILES string of the molecule is C#CC(C)Nc1ncccc1[N+](=O)[O-]. The maximum atomic E-state index is 10.6. The predicted octanol–water partition coefficient (Wildman–Crippen LogP) is 1.42. The van der Waals surface area contributed by atoms with Crippen LogP contribution in [0, 0.1) is 22.5 Å². The van der Waals surface area contributed by atoms with Crippen LogP contribution in [-0.4, -0.2) is 15.9 Å². The Kier molecular flexibility index (Phi) is 3.02. The molecule has 0 saturated heterocycles. The fourth-order valence-electron chi connectivity index (χ4n) is 0.902. The lowest BCUT2D eigenvalue weighted by Gasteiger charge is -2.07. The lowest BCUT2D eigenvalue weighted by Crippen LogP contribution is -2.14. The molecular weight excluding hydrogens is 182 g/mol. The molecule has 1 atom stereocenters. The molecular formula is C9H9N3O2. The molecule has 1 aromatic rings. The summed E-state index contributed by atoms with van der Waals surface area (Å²) in [5, 5.41) is 13.3. The van der Waals surface area contributed by atoms with Crippen LogP contribution in [0.5, 0.6) is 0 Å². The van der Waals surface area contributed by atoms with Crippen molar-refractivity contribution >= 4 is 11.5 Å². The van der Waals surface area contributed by atoms with Gasteiger partial charge in [-0.05, 0) is 13.0 Å². The molecule has 0 bridgehead atoms. The quantitative estimate of drug-likeness (QED) is 0.445. The van der Waals surface area contributed by atoms with Crippen molar-refractivity contribution in [1.29, 1.82) is 0 Å². The number of aromatic nitrogens is 1. The van der Waals surface area contributed by atoms with E-state index >= 15 is 0 Å². The summed E-state index contributed by atoms with van der Waals surface area (Å²) in [6.45, 7) is 1.72. The molecule has 14 heavy (non-hydrogen) atoms. The summed E-state index contributed by atoms with van der Waals surface area (Å²) in [7, 11) is 0. The second kappa shape index (κ2) is 4.23. The maximum absolute atomic E-state index is 10.6. The molecule has 0 spiro atoms. The number of pyridine rings is 1. The number of terminal acetylenes is 1. The van der Waals surface area contributed by atoms with E-state index in [4.69, 9.17) is 6.42 Å². The van der Waals surface area contributed by atoms with Crippen LogP contribution in [0.2, 0.25) is 0 Å². The average Bonchev–Trinajstić information content (AvgIpc) is 2.18. The minimum absolute atomic E-state index is 0.0744. The first-order valence-electron chi connectivity index (χ1n) is 3.97. The minimum Gasteiger partial charge on any atom is -0.351 e. The van der Waals surface area contributed by atoms with Crippen LogP contribution < -0.4 is 5.32 Å². The Morgan fingerprint density at radius 2 is 2.50 bits per heavy atom. The van der Waals surface area contributed by atoms with E-state index in [0.29, 0.717) is 0 Å². The second-order valence-corrected chi connectivity index (χ2v) is 2.66. The molecule has 5 heteroatoms. The standard InChI is InChI=1S/C9H9N3O2/c1-3-7(2)11-9-8(12(13)14)5-4-6-10-9/h1,4-7H,2H3,(H,10,11). The van der Waals surface area contributed by atoms with Crippen LogP contribution in [0.4, 0.5) is 11.5 Å². The van der Waals surface area contributed by atoms with Gasteiger partial charge in [0.2, 0.25) is 5.82 Å². The van der Waals surface area contributed by atoms with Crippen molar-refractivity contribution in [3.63, 3.8) is 0 Å². The van der Waals surface area contributed by atoms with Crippen LogP contribution in [0.1, 0.15) is 6.92 Å². The lowest BCUT2D eigenvalue weighted by molar-refractivity contribution is -0.384. The van der Waals surface area contributed by atoms with Gasteiger partial charge in [0, 0.05) is 12.3 Å². The van der Waals surface area contributed by atoms with Crippen molar-refractivity contribution in [3.8, 4) is 12.3 Å². The van der Waals surface area contributed by atoms with Crippen molar-refractivity contribution in [2.24, 2.45) is 0 Å². The van der Waals surface area contributed by atoms with Gasteiger partial charge in [-0.15, -0.1) is 6.42 Å². The number of nitro groups is 1. The second-order valence-electron chi connectivity index (χ2n) is 2.66. The van der Waals surface area contributed by atoms with Gasteiger partial charge < -0.3 is 5.32 Å². The van der Waals surface area contributed by atoms with E-state index in [1.165, 1.54) is 18.3 Å². The molecule has 1 rings (SSSR count). The molecule has 0 aliphatic heterocycles. The van der Waals surface area contributed by atoms with Crippen LogP contribution in [0.3, 0.4) is 0 Å². The normalized spacial score (nSPS) is 11.4. The molecule has 0 aromatic carbocycles. The van der Waals surface area contributed by atoms with E-state index in [2.05, 4.69) is 16.2 Å². The third-order valence-corrected chi connectivity index (χ3v) is 1.59. The molecule has 1 heterocycles. The Balaban J connectivity index is 2.97. The first kappa shape index (κ1) is 9.99. The van der Waals surface area contributed by atoms with Crippen molar-refractivity contribution in [3.05, 3.63) is 28.4 Å². The highest BCUT2D eigenvalue weighted by Crippen LogP contribution is 2.20. The summed E-state index contributed by atoms with van der Waals surface area (Å²) in [6, 6.07) is 2.59. The maximum Gasteiger partial charge on any atom is 0.311 e. The van der Waals surface area contributed by atoms with Gasteiger partial charge in [0.05, 0.1) is 11.0 Å². The Hall–Kier alpha value is -2.09. The van der Waals surface area contributed by atoms with Crippen LogP contribution >= 0.6 is 0 Å². The molecule has 0 amide bonds. The van der Waals surface area contributed by atoms with E-state index in [-0.39, 0.29) is 17.5 Å². The summed E-state index contributed by atoms with van der Waals surface area (Å²) in [5.74, 6) is 2.60. The minimum atomic E-state index is -0.501. The zero-order valence-electron chi connectivity index (χ0n) is 7.60. The van der Waals surface area contributed by atoms with Gasteiger partial charge in [-0.25, -0.2) is 4.98 Å². The third-order valence-electron chi connectivity index (χ3n) is 1.59. The third kappa shape index (κ3) is 2.20. The summed E-state index contributed by atoms with van der Waals surface area (Å²) in [5.41, 5.74) is -0.0744. The predicted molar refractivity (Wildman–Crippen MR) is 52.8 cm³/mol. The monoisotopic (exact) mass is 191 g/mol. The smallest absolute Gasteiger partial charge is 0.311 e. The van der Waals surface area contributed by atoms with Crippen LogP contribution in [-0.2, 0) is 0 Å². The van der Waals surface area contributed by atoms with Gasteiger partial charge in [-0.2, -0.15) is 0 Å². The highest BCUT2D eigenvalue weighted by Gasteiger charge is 2.14. The molecule has 1 N–H and O–H groups in total. The Morgan fingerprint density at radius 3 is 3.07 bits per heavy atom. The molecule has 0 aliphatic carbocycles. The molecule has 0 fully saturated rings.